The first-order valence-electron chi connectivity index (χ1n) is 6.91. The molecule has 0 aliphatic carbocycles. The van der Waals surface area contributed by atoms with Crippen LogP contribution in [-0.4, -0.2) is 35.9 Å². The van der Waals surface area contributed by atoms with E-state index >= 15 is 0 Å². The predicted molar refractivity (Wildman–Crippen MR) is 79.6 cm³/mol. The van der Waals surface area contributed by atoms with Crippen molar-refractivity contribution in [2.75, 3.05) is 26.0 Å². The first kappa shape index (κ1) is 16.5. The van der Waals surface area contributed by atoms with Gasteiger partial charge in [0.15, 0.2) is 0 Å². The van der Waals surface area contributed by atoms with E-state index in [1.807, 2.05) is 6.92 Å². The average molecular weight is 282 g/mol. The van der Waals surface area contributed by atoms with E-state index in [-0.39, 0.29) is 11.3 Å². The fraction of sp³-hybridized carbons (Fsp3) is 0.714. The number of nitrogens with one attached hydrogen (secondary N) is 1. The average Bonchev–Trinajstić information content (AvgIpc) is 2.68. The quantitative estimate of drug-likeness (QED) is 0.791. The molecule has 0 bridgehead atoms. The standard InChI is InChI=1S/C14H26N4O2/c1-6-10-11(15)12(18(4)17-10)13(19)16-9-14(2,3)7-8-20-5/h6-9,15H2,1-5H3,(H,16,19). The van der Waals surface area contributed by atoms with Gasteiger partial charge in [0.05, 0.1) is 11.4 Å². The second-order valence-electron chi connectivity index (χ2n) is 5.78. The van der Waals surface area contributed by atoms with E-state index in [4.69, 9.17) is 10.5 Å². The molecule has 3 N–H and O–H groups in total. The summed E-state index contributed by atoms with van der Waals surface area (Å²) in [5.74, 6) is -0.178. The molecule has 0 saturated heterocycles. The second kappa shape index (κ2) is 6.74. The van der Waals surface area contributed by atoms with Crippen molar-refractivity contribution in [3.63, 3.8) is 0 Å². The Morgan fingerprint density at radius 2 is 2.15 bits per heavy atom. The van der Waals surface area contributed by atoms with Crippen molar-refractivity contribution in [2.24, 2.45) is 12.5 Å². The topological polar surface area (TPSA) is 82.2 Å². The van der Waals surface area contributed by atoms with Crippen LogP contribution in [0.2, 0.25) is 0 Å². The molecule has 0 aliphatic heterocycles. The second-order valence-corrected chi connectivity index (χ2v) is 5.78. The minimum Gasteiger partial charge on any atom is -0.395 e. The van der Waals surface area contributed by atoms with E-state index in [0.29, 0.717) is 31.0 Å². The largest absolute Gasteiger partial charge is 0.395 e. The maximum atomic E-state index is 12.3. The Labute approximate surface area is 120 Å². The van der Waals surface area contributed by atoms with Crippen LogP contribution in [0.5, 0.6) is 0 Å². The van der Waals surface area contributed by atoms with Gasteiger partial charge in [0, 0.05) is 27.3 Å². The van der Waals surface area contributed by atoms with Gasteiger partial charge < -0.3 is 15.8 Å². The van der Waals surface area contributed by atoms with Gasteiger partial charge in [0.1, 0.15) is 5.69 Å². The number of carbonyl (C=O) groups is 1. The molecule has 1 rings (SSSR count). The molecule has 114 valence electrons. The molecule has 20 heavy (non-hydrogen) atoms. The highest BCUT2D eigenvalue weighted by Crippen LogP contribution is 2.20. The van der Waals surface area contributed by atoms with E-state index in [1.54, 1.807) is 18.8 Å². The van der Waals surface area contributed by atoms with Gasteiger partial charge in [-0.3, -0.25) is 9.48 Å². The van der Waals surface area contributed by atoms with Crippen LogP contribution in [0.25, 0.3) is 0 Å². The van der Waals surface area contributed by atoms with Gasteiger partial charge in [-0.2, -0.15) is 5.10 Å². The number of anilines is 1. The van der Waals surface area contributed by atoms with Gasteiger partial charge in [-0.1, -0.05) is 20.8 Å². The SMILES string of the molecule is CCc1nn(C)c(C(=O)NCC(C)(C)CCOC)c1N. The lowest BCUT2D eigenvalue weighted by Crippen LogP contribution is -2.35. The zero-order valence-corrected chi connectivity index (χ0v) is 13.1. The third-order valence-electron chi connectivity index (χ3n) is 3.42. The van der Waals surface area contributed by atoms with E-state index < -0.39 is 0 Å². The third-order valence-corrected chi connectivity index (χ3v) is 3.42. The summed E-state index contributed by atoms with van der Waals surface area (Å²) in [6.07, 6.45) is 1.59. The van der Waals surface area contributed by atoms with E-state index in [2.05, 4.69) is 24.3 Å². The van der Waals surface area contributed by atoms with Crippen LogP contribution < -0.4 is 11.1 Å². The van der Waals surface area contributed by atoms with Gasteiger partial charge in [0.25, 0.3) is 5.91 Å². The Bertz CT molecular complexity index is 466. The van der Waals surface area contributed by atoms with E-state index in [9.17, 15) is 4.79 Å². The summed E-state index contributed by atoms with van der Waals surface area (Å²) in [6, 6.07) is 0. The first-order valence-corrected chi connectivity index (χ1v) is 6.91. The molecule has 0 spiro atoms. The summed E-state index contributed by atoms with van der Waals surface area (Å²) >= 11 is 0. The van der Waals surface area contributed by atoms with Crippen molar-refractivity contribution in [3.8, 4) is 0 Å². The molecule has 0 unspecified atom stereocenters. The Kier molecular flexibility index (Phi) is 5.56. The number of nitrogen functional groups attached to an aromatic ring is 1. The maximum Gasteiger partial charge on any atom is 0.271 e. The zero-order chi connectivity index (χ0) is 15.3. The van der Waals surface area contributed by atoms with Gasteiger partial charge in [0.2, 0.25) is 0 Å². The number of hydrogen-bond donors (Lipinski definition) is 2. The highest BCUT2D eigenvalue weighted by Gasteiger charge is 2.22. The molecule has 1 aromatic rings. The Morgan fingerprint density at radius 1 is 1.50 bits per heavy atom. The van der Waals surface area contributed by atoms with Crippen molar-refractivity contribution in [1.29, 1.82) is 0 Å². The lowest BCUT2D eigenvalue weighted by molar-refractivity contribution is 0.0912. The summed E-state index contributed by atoms with van der Waals surface area (Å²) < 4.78 is 6.63. The molecular formula is C14H26N4O2. The summed E-state index contributed by atoms with van der Waals surface area (Å²) in [5, 5.41) is 7.19. The number of nitrogens with zero attached hydrogens (tertiary/aromatic N) is 2. The lowest BCUT2D eigenvalue weighted by atomic mass is 9.89. The molecule has 0 aromatic carbocycles. The van der Waals surface area contributed by atoms with Gasteiger partial charge >= 0.3 is 0 Å². The van der Waals surface area contributed by atoms with Crippen LogP contribution in [0.1, 0.15) is 43.4 Å². The molecule has 6 heteroatoms. The normalized spacial score (nSPS) is 11.7. The van der Waals surface area contributed by atoms with Crippen molar-refractivity contribution in [2.45, 2.75) is 33.6 Å². The Morgan fingerprint density at radius 3 is 2.65 bits per heavy atom. The van der Waals surface area contributed by atoms with Crippen molar-refractivity contribution in [3.05, 3.63) is 11.4 Å². The highest BCUT2D eigenvalue weighted by atomic mass is 16.5. The Hall–Kier alpha value is -1.56. The molecule has 0 saturated carbocycles. The fourth-order valence-electron chi connectivity index (χ4n) is 2.00. The van der Waals surface area contributed by atoms with Gasteiger partial charge in [-0.25, -0.2) is 0 Å². The molecule has 0 aliphatic rings. The minimum atomic E-state index is -0.178. The number of rotatable bonds is 7. The number of nitrogens with two attached hydrogens (primary N) is 1. The van der Waals surface area contributed by atoms with Crippen LogP contribution >= 0.6 is 0 Å². The van der Waals surface area contributed by atoms with Crippen molar-refractivity contribution in [1.82, 2.24) is 15.1 Å². The molecule has 0 fully saturated rings. The molecule has 1 amide bonds. The molecule has 1 aromatic heterocycles. The maximum absolute atomic E-state index is 12.3. The van der Waals surface area contributed by atoms with Gasteiger partial charge in [-0.05, 0) is 18.3 Å². The monoisotopic (exact) mass is 282 g/mol. The molecular weight excluding hydrogens is 256 g/mol. The predicted octanol–water partition coefficient (Wildman–Crippen LogP) is 1.36. The first-order chi connectivity index (χ1) is 9.32. The summed E-state index contributed by atoms with van der Waals surface area (Å²) in [5.41, 5.74) is 7.62. The molecule has 0 atom stereocenters. The fourth-order valence-corrected chi connectivity index (χ4v) is 2.00. The number of hydrogen-bond acceptors (Lipinski definition) is 4. The molecule has 1 heterocycles. The number of amides is 1. The number of aryl methyl sites for hydroxylation is 2. The van der Waals surface area contributed by atoms with Gasteiger partial charge in [-0.15, -0.1) is 0 Å². The summed E-state index contributed by atoms with van der Waals surface area (Å²) in [4.78, 5) is 12.3. The van der Waals surface area contributed by atoms with Crippen LogP contribution in [0.15, 0.2) is 0 Å². The van der Waals surface area contributed by atoms with E-state index in [1.165, 1.54) is 0 Å². The number of methoxy groups -OCH3 is 1. The highest BCUT2D eigenvalue weighted by molar-refractivity contribution is 5.98. The molecule has 6 nitrogen and oxygen atoms in total. The Balaban J connectivity index is 2.70. The van der Waals surface area contributed by atoms with Crippen molar-refractivity contribution < 1.29 is 9.53 Å². The number of ether oxygens (including phenoxy) is 1. The number of carbonyl (C=O) groups excluding carboxylic acids is 1. The van der Waals surface area contributed by atoms with Crippen LogP contribution in [0, 0.1) is 5.41 Å². The summed E-state index contributed by atoms with van der Waals surface area (Å²) in [6.45, 7) is 7.40. The van der Waals surface area contributed by atoms with Crippen LogP contribution in [0.4, 0.5) is 5.69 Å². The number of aromatic nitrogens is 2. The van der Waals surface area contributed by atoms with E-state index in [0.717, 1.165) is 12.1 Å². The molecule has 0 radical (unpaired) electrons. The van der Waals surface area contributed by atoms with Crippen LogP contribution in [0.3, 0.4) is 0 Å². The third kappa shape index (κ3) is 3.96. The zero-order valence-electron chi connectivity index (χ0n) is 13.1. The smallest absolute Gasteiger partial charge is 0.271 e. The van der Waals surface area contributed by atoms with Crippen LogP contribution in [-0.2, 0) is 18.2 Å². The minimum absolute atomic E-state index is 0.0212. The van der Waals surface area contributed by atoms with Crippen molar-refractivity contribution >= 4 is 11.6 Å². The lowest BCUT2D eigenvalue weighted by Gasteiger charge is -2.24. The summed E-state index contributed by atoms with van der Waals surface area (Å²) in [7, 11) is 3.41.